The monoisotopic (exact) mass is 391 g/mol. The van der Waals surface area contributed by atoms with Gasteiger partial charge in [0, 0.05) is 37.8 Å². The smallest absolute Gasteiger partial charge is 0.193 e. The Morgan fingerprint density at radius 1 is 1.42 bits per heavy atom. The van der Waals surface area contributed by atoms with Crippen molar-refractivity contribution in [3.63, 3.8) is 0 Å². The number of nitrogens with one attached hydrogen (secondary N) is 1. The average molecular weight is 391 g/mol. The van der Waals surface area contributed by atoms with Gasteiger partial charge in [-0.3, -0.25) is 4.99 Å². The predicted molar refractivity (Wildman–Crippen MR) is 94.7 cm³/mol. The van der Waals surface area contributed by atoms with E-state index >= 15 is 0 Å². The van der Waals surface area contributed by atoms with Crippen LogP contribution in [0.5, 0.6) is 0 Å². The number of nitrogens with zero attached hydrogens (tertiary/aromatic N) is 2. The van der Waals surface area contributed by atoms with Crippen molar-refractivity contribution in [2.24, 2.45) is 10.9 Å². The van der Waals surface area contributed by atoms with Crippen LogP contribution in [-0.4, -0.2) is 43.8 Å². The van der Waals surface area contributed by atoms with Crippen LogP contribution in [0.3, 0.4) is 0 Å². The summed E-state index contributed by atoms with van der Waals surface area (Å²) in [6.45, 7) is 2.24. The standard InChI is InChI=1S/C14H21N3S.HI/c1-15-14(16-2)17-9-8-12(10-17)11-18-13-6-4-3-5-7-13;/h3-7,12H,8-11H2,1-2H3,(H,15,16);1H. The van der Waals surface area contributed by atoms with E-state index in [1.807, 2.05) is 25.9 Å². The molecule has 106 valence electrons. The molecular weight excluding hydrogens is 369 g/mol. The summed E-state index contributed by atoms with van der Waals surface area (Å²) in [5.74, 6) is 2.98. The lowest BCUT2D eigenvalue weighted by molar-refractivity contribution is 0.480. The number of guanidine groups is 1. The largest absolute Gasteiger partial charge is 0.359 e. The van der Waals surface area contributed by atoms with Crippen LogP contribution in [0.2, 0.25) is 0 Å². The van der Waals surface area contributed by atoms with E-state index in [9.17, 15) is 0 Å². The Balaban J connectivity index is 0.00000180. The highest BCUT2D eigenvalue weighted by atomic mass is 127. The van der Waals surface area contributed by atoms with Crippen LogP contribution in [0, 0.1) is 5.92 Å². The number of rotatable bonds is 3. The fourth-order valence-corrected chi connectivity index (χ4v) is 3.35. The van der Waals surface area contributed by atoms with Gasteiger partial charge in [-0.2, -0.15) is 0 Å². The number of aliphatic imine (C=N–C) groups is 1. The van der Waals surface area contributed by atoms with Crippen LogP contribution < -0.4 is 5.32 Å². The SMILES string of the molecule is CN=C(NC)N1CCC(CSc2ccccc2)C1.I. The third-order valence-electron chi connectivity index (χ3n) is 3.25. The van der Waals surface area contributed by atoms with Crippen molar-refractivity contribution in [2.75, 3.05) is 32.9 Å². The van der Waals surface area contributed by atoms with E-state index in [-0.39, 0.29) is 24.0 Å². The van der Waals surface area contributed by atoms with E-state index in [1.54, 1.807) is 0 Å². The topological polar surface area (TPSA) is 27.6 Å². The number of benzene rings is 1. The summed E-state index contributed by atoms with van der Waals surface area (Å²) in [7, 11) is 3.78. The highest BCUT2D eigenvalue weighted by Crippen LogP contribution is 2.25. The third kappa shape index (κ3) is 4.87. The Labute approximate surface area is 137 Å². The van der Waals surface area contributed by atoms with Crippen molar-refractivity contribution < 1.29 is 0 Å². The maximum atomic E-state index is 4.27. The molecule has 1 heterocycles. The van der Waals surface area contributed by atoms with Crippen LogP contribution in [0.1, 0.15) is 6.42 Å². The Morgan fingerprint density at radius 3 is 2.79 bits per heavy atom. The molecule has 1 fully saturated rings. The van der Waals surface area contributed by atoms with Crippen LogP contribution in [-0.2, 0) is 0 Å². The number of hydrogen-bond acceptors (Lipinski definition) is 2. The van der Waals surface area contributed by atoms with Gasteiger partial charge in [0.05, 0.1) is 0 Å². The van der Waals surface area contributed by atoms with Crippen molar-refractivity contribution in [2.45, 2.75) is 11.3 Å². The molecule has 1 aliphatic rings. The van der Waals surface area contributed by atoms with Crippen LogP contribution >= 0.6 is 35.7 Å². The first-order valence-electron chi connectivity index (χ1n) is 6.41. The van der Waals surface area contributed by atoms with Crippen LogP contribution in [0.25, 0.3) is 0 Å². The minimum absolute atomic E-state index is 0. The molecule has 1 aromatic carbocycles. The van der Waals surface area contributed by atoms with Crippen LogP contribution in [0.4, 0.5) is 0 Å². The summed E-state index contributed by atoms with van der Waals surface area (Å²) in [5, 5.41) is 3.16. The van der Waals surface area contributed by atoms with Gasteiger partial charge in [-0.05, 0) is 24.5 Å². The molecule has 1 saturated heterocycles. The van der Waals surface area contributed by atoms with Crippen molar-refractivity contribution in [1.82, 2.24) is 10.2 Å². The van der Waals surface area contributed by atoms with Gasteiger partial charge in [-0.1, -0.05) is 18.2 Å². The van der Waals surface area contributed by atoms with Gasteiger partial charge in [0.2, 0.25) is 0 Å². The van der Waals surface area contributed by atoms with Gasteiger partial charge in [0.1, 0.15) is 0 Å². The lowest BCUT2D eigenvalue weighted by Crippen LogP contribution is -2.38. The lowest BCUT2D eigenvalue weighted by atomic mass is 10.2. The molecule has 0 amide bonds. The van der Waals surface area contributed by atoms with E-state index < -0.39 is 0 Å². The van der Waals surface area contributed by atoms with E-state index in [0.717, 1.165) is 25.0 Å². The number of hydrogen-bond donors (Lipinski definition) is 1. The zero-order valence-electron chi connectivity index (χ0n) is 11.5. The van der Waals surface area contributed by atoms with Gasteiger partial charge in [0.15, 0.2) is 5.96 Å². The molecule has 1 aliphatic heterocycles. The number of halogens is 1. The molecule has 0 saturated carbocycles. The van der Waals surface area contributed by atoms with Gasteiger partial charge < -0.3 is 10.2 Å². The quantitative estimate of drug-likeness (QED) is 0.372. The Bertz CT molecular complexity index is 397. The normalized spacial score (nSPS) is 19.2. The molecule has 1 N–H and O–H groups in total. The summed E-state index contributed by atoms with van der Waals surface area (Å²) < 4.78 is 0. The minimum atomic E-state index is 0. The molecule has 2 rings (SSSR count). The molecule has 19 heavy (non-hydrogen) atoms. The fourth-order valence-electron chi connectivity index (χ4n) is 2.30. The summed E-state index contributed by atoms with van der Waals surface area (Å²) in [5.41, 5.74) is 0. The maximum Gasteiger partial charge on any atom is 0.193 e. The van der Waals surface area contributed by atoms with Gasteiger partial charge in [-0.25, -0.2) is 0 Å². The third-order valence-corrected chi connectivity index (χ3v) is 4.49. The van der Waals surface area contributed by atoms with Crippen molar-refractivity contribution in [1.29, 1.82) is 0 Å². The molecular formula is C14H22IN3S. The second kappa shape index (κ2) is 8.68. The van der Waals surface area contributed by atoms with Crippen molar-refractivity contribution in [3.05, 3.63) is 30.3 Å². The van der Waals surface area contributed by atoms with Gasteiger partial charge in [-0.15, -0.1) is 35.7 Å². The summed E-state index contributed by atoms with van der Waals surface area (Å²) >= 11 is 1.96. The predicted octanol–water partition coefficient (Wildman–Crippen LogP) is 2.92. The zero-order valence-corrected chi connectivity index (χ0v) is 14.7. The summed E-state index contributed by atoms with van der Waals surface area (Å²) in [6.07, 6.45) is 1.26. The summed E-state index contributed by atoms with van der Waals surface area (Å²) in [4.78, 5) is 7.98. The van der Waals surface area contributed by atoms with E-state index in [0.29, 0.717) is 0 Å². The number of thioether (sulfide) groups is 1. The molecule has 0 spiro atoms. The molecule has 0 aliphatic carbocycles. The maximum absolute atomic E-state index is 4.27. The minimum Gasteiger partial charge on any atom is -0.359 e. The van der Waals surface area contributed by atoms with E-state index in [4.69, 9.17) is 0 Å². The van der Waals surface area contributed by atoms with Gasteiger partial charge >= 0.3 is 0 Å². The Kier molecular flexibility index (Phi) is 7.60. The first-order chi connectivity index (χ1) is 8.83. The highest BCUT2D eigenvalue weighted by molar-refractivity contribution is 14.0. The van der Waals surface area contributed by atoms with Crippen molar-refractivity contribution in [3.8, 4) is 0 Å². The first-order valence-corrected chi connectivity index (χ1v) is 7.39. The molecule has 0 bridgehead atoms. The van der Waals surface area contributed by atoms with Crippen LogP contribution in [0.15, 0.2) is 40.2 Å². The molecule has 1 atom stereocenters. The number of likely N-dealkylation sites (tertiary alicyclic amines) is 1. The molecule has 1 unspecified atom stereocenters. The second-order valence-corrected chi connectivity index (χ2v) is 5.62. The van der Waals surface area contributed by atoms with E-state index in [1.165, 1.54) is 17.1 Å². The Morgan fingerprint density at radius 2 is 2.16 bits per heavy atom. The zero-order chi connectivity index (χ0) is 12.8. The molecule has 3 nitrogen and oxygen atoms in total. The van der Waals surface area contributed by atoms with E-state index in [2.05, 4.69) is 45.5 Å². The molecule has 0 radical (unpaired) electrons. The Hall–Kier alpha value is -0.430. The first kappa shape index (κ1) is 16.6. The fraction of sp³-hybridized carbons (Fsp3) is 0.500. The van der Waals surface area contributed by atoms with Gasteiger partial charge in [0.25, 0.3) is 0 Å². The average Bonchev–Trinajstić information content (AvgIpc) is 2.88. The molecule has 0 aromatic heterocycles. The molecule has 1 aromatic rings. The highest BCUT2D eigenvalue weighted by Gasteiger charge is 2.24. The summed E-state index contributed by atoms with van der Waals surface area (Å²) in [6, 6.07) is 10.6. The van der Waals surface area contributed by atoms with Crippen molar-refractivity contribution >= 4 is 41.7 Å². The lowest BCUT2D eigenvalue weighted by Gasteiger charge is -2.19. The second-order valence-electron chi connectivity index (χ2n) is 4.52. The molecule has 5 heteroatoms.